The van der Waals surface area contributed by atoms with Gasteiger partial charge < -0.3 is 0 Å². The van der Waals surface area contributed by atoms with Gasteiger partial charge in [-0.2, -0.15) is 5.10 Å². The van der Waals surface area contributed by atoms with Gasteiger partial charge in [0, 0.05) is 5.56 Å². The molecule has 0 fully saturated rings. The lowest BCUT2D eigenvalue weighted by molar-refractivity contribution is 0.0955. The number of hydrogen-bond acceptors (Lipinski definition) is 3. The minimum absolute atomic E-state index is 0.192. The summed E-state index contributed by atoms with van der Waals surface area (Å²) in [5.74, 6) is -0.192. The third-order valence-electron chi connectivity index (χ3n) is 3.02. The summed E-state index contributed by atoms with van der Waals surface area (Å²) >= 11 is 4.99. The van der Waals surface area contributed by atoms with E-state index in [0.29, 0.717) is 5.56 Å². The molecule has 5 heteroatoms. The molecule has 0 bridgehead atoms. The summed E-state index contributed by atoms with van der Waals surface area (Å²) in [6, 6.07) is 9.55. The van der Waals surface area contributed by atoms with Crippen LogP contribution in [0, 0.1) is 13.8 Å². The highest BCUT2D eigenvalue weighted by Gasteiger charge is 2.07. The zero-order valence-corrected chi connectivity index (χ0v) is 13.9. The van der Waals surface area contributed by atoms with Gasteiger partial charge in [0.2, 0.25) is 0 Å². The summed E-state index contributed by atoms with van der Waals surface area (Å²) in [5, 5.41) is 4.14. The van der Waals surface area contributed by atoms with Gasteiger partial charge in [-0.15, -0.1) is 11.3 Å². The van der Waals surface area contributed by atoms with E-state index in [1.165, 1.54) is 5.56 Å². The van der Waals surface area contributed by atoms with E-state index < -0.39 is 0 Å². The molecule has 1 heterocycles. The number of thiophene rings is 1. The number of carbonyl (C=O) groups excluding carboxylic acids is 1. The maximum absolute atomic E-state index is 12.0. The Hall–Kier alpha value is -1.46. The molecule has 3 nitrogen and oxygen atoms in total. The lowest BCUT2D eigenvalue weighted by Gasteiger charge is -2.04. The Kier molecular flexibility index (Phi) is 4.73. The number of amides is 1. The normalized spacial score (nSPS) is 11.5. The van der Waals surface area contributed by atoms with E-state index in [1.54, 1.807) is 11.3 Å². The molecule has 0 radical (unpaired) electrons. The summed E-state index contributed by atoms with van der Waals surface area (Å²) in [6.45, 7) is 5.89. The highest BCUT2D eigenvalue weighted by molar-refractivity contribution is 9.11. The Bertz CT molecular complexity index is 676. The fraction of sp³-hybridized carbons (Fsp3) is 0.200. The first kappa shape index (κ1) is 14.9. The molecule has 2 aromatic rings. The Morgan fingerprint density at radius 1 is 1.20 bits per heavy atom. The lowest BCUT2D eigenvalue weighted by atomic mass is 10.1. The fourth-order valence-electron chi connectivity index (χ4n) is 1.65. The third-order valence-corrected chi connectivity index (χ3v) is 4.76. The standard InChI is InChI=1S/C15H15BrN2OS/c1-9-4-5-12(8-10(9)2)15(19)18-17-11(3)13-6-7-14(16)20-13/h4-8H,1-3H3,(H,18,19)/b17-11+. The quantitative estimate of drug-likeness (QED) is 0.651. The Labute approximate surface area is 130 Å². The number of hydrazone groups is 1. The van der Waals surface area contributed by atoms with E-state index in [1.807, 2.05) is 51.1 Å². The summed E-state index contributed by atoms with van der Waals surface area (Å²) in [6.07, 6.45) is 0. The Balaban J connectivity index is 2.09. The highest BCUT2D eigenvalue weighted by atomic mass is 79.9. The zero-order chi connectivity index (χ0) is 14.7. The summed E-state index contributed by atoms with van der Waals surface area (Å²) in [7, 11) is 0. The summed E-state index contributed by atoms with van der Waals surface area (Å²) < 4.78 is 1.04. The van der Waals surface area contributed by atoms with Crippen molar-refractivity contribution in [1.82, 2.24) is 5.43 Å². The minimum Gasteiger partial charge on any atom is -0.267 e. The van der Waals surface area contributed by atoms with E-state index >= 15 is 0 Å². The van der Waals surface area contributed by atoms with Gasteiger partial charge in [-0.1, -0.05) is 6.07 Å². The third kappa shape index (κ3) is 3.55. The maximum atomic E-state index is 12.0. The molecule has 1 aromatic carbocycles. The van der Waals surface area contributed by atoms with Crippen LogP contribution in [0.3, 0.4) is 0 Å². The van der Waals surface area contributed by atoms with E-state index in [4.69, 9.17) is 0 Å². The van der Waals surface area contributed by atoms with E-state index in [2.05, 4.69) is 26.5 Å². The van der Waals surface area contributed by atoms with Crippen molar-refractivity contribution in [3.8, 4) is 0 Å². The molecule has 0 aliphatic heterocycles. The van der Waals surface area contributed by atoms with Crippen LogP contribution < -0.4 is 5.43 Å². The lowest BCUT2D eigenvalue weighted by Crippen LogP contribution is -2.19. The predicted molar refractivity (Wildman–Crippen MR) is 87.6 cm³/mol. The van der Waals surface area contributed by atoms with Gasteiger partial charge >= 0.3 is 0 Å². The molecule has 2 rings (SSSR count). The van der Waals surface area contributed by atoms with Crippen LogP contribution in [-0.2, 0) is 0 Å². The monoisotopic (exact) mass is 350 g/mol. The van der Waals surface area contributed by atoms with Gasteiger partial charge in [0.05, 0.1) is 14.4 Å². The van der Waals surface area contributed by atoms with Crippen molar-refractivity contribution in [2.75, 3.05) is 0 Å². The average Bonchev–Trinajstić information content (AvgIpc) is 2.85. The second-order valence-electron chi connectivity index (χ2n) is 4.54. The van der Waals surface area contributed by atoms with Crippen molar-refractivity contribution in [3.05, 3.63) is 55.7 Å². The molecule has 1 amide bonds. The second-order valence-corrected chi connectivity index (χ2v) is 7.00. The molecule has 1 aromatic heterocycles. The van der Waals surface area contributed by atoms with Crippen molar-refractivity contribution >= 4 is 38.9 Å². The van der Waals surface area contributed by atoms with E-state index in [-0.39, 0.29) is 5.91 Å². The molecular formula is C15H15BrN2OS. The van der Waals surface area contributed by atoms with E-state index in [0.717, 1.165) is 19.9 Å². The molecule has 1 N–H and O–H groups in total. The Morgan fingerprint density at radius 3 is 2.55 bits per heavy atom. The van der Waals surface area contributed by atoms with Crippen LogP contribution >= 0.6 is 27.3 Å². The minimum atomic E-state index is -0.192. The van der Waals surface area contributed by atoms with Gasteiger partial charge in [0.1, 0.15) is 0 Å². The first-order valence-electron chi connectivity index (χ1n) is 6.15. The Morgan fingerprint density at radius 2 is 1.95 bits per heavy atom. The highest BCUT2D eigenvalue weighted by Crippen LogP contribution is 2.22. The summed E-state index contributed by atoms with van der Waals surface area (Å²) in [4.78, 5) is 13.1. The van der Waals surface area contributed by atoms with Crippen molar-refractivity contribution in [3.63, 3.8) is 0 Å². The molecule has 0 aliphatic rings. The topological polar surface area (TPSA) is 41.5 Å². The molecule has 0 atom stereocenters. The van der Waals surface area contributed by atoms with Crippen LogP contribution in [-0.4, -0.2) is 11.6 Å². The number of benzene rings is 1. The molecular weight excluding hydrogens is 336 g/mol. The number of halogens is 1. The number of aryl methyl sites for hydroxylation is 2. The number of nitrogens with one attached hydrogen (secondary N) is 1. The maximum Gasteiger partial charge on any atom is 0.271 e. The smallest absolute Gasteiger partial charge is 0.267 e. The number of rotatable bonds is 3. The second kappa shape index (κ2) is 6.33. The fourth-order valence-corrected chi connectivity index (χ4v) is 2.98. The molecule has 0 saturated heterocycles. The van der Waals surface area contributed by atoms with Crippen LogP contribution in [0.15, 0.2) is 39.2 Å². The van der Waals surface area contributed by atoms with E-state index in [9.17, 15) is 4.79 Å². The van der Waals surface area contributed by atoms with Crippen LogP contribution in [0.4, 0.5) is 0 Å². The zero-order valence-electron chi connectivity index (χ0n) is 11.5. The predicted octanol–water partition coefficient (Wildman–Crippen LogP) is 4.28. The van der Waals surface area contributed by atoms with Crippen molar-refractivity contribution < 1.29 is 4.79 Å². The van der Waals surface area contributed by atoms with Crippen molar-refractivity contribution in [1.29, 1.82) is 0 Å². The average molecular weight is 351 g/mol. The van der Waals surface area contributed by atoms with Crippen molar-refractivity contribution in [2.24, 2.45) is 5.10 Å². The first-order valence-corrected chi connectivity index (χ1v) is 7.76. The van der Waals surface area contributed by atoms with Gasteiger partial charge in [-0.25, -0.2) is 5.43 Å². The molecule has 0 aliphatic carbocycles. The number of hydrogen-bond donors (Lipinski definition) is 1. The number of nitrogens with zero attached hydrogens (tertiary/aromatic N) is 1. The van der Waals surface area contributed by atoms with Crippen LogP contribution in [0.5, 0.6) is 0 Å². The van der Waals surface area contributed by atoms with Gasteiger partial charge in [0.25, 0.3) is 5.91 Å². The molecule has 0 spiro atoms. The number of carbonyl (C=O) groups is 1. The van der Waals surface area contributed by atoms with Crippen LogP contribution in [0.25, 0.3) is 0 Å². The molecule has 20 heavy (non-hydrogen) atoms. The van der Waals surface area contributed by atoms with Crippen LogP contribution in [0.1, 0.15) is 33.3 Å². The largest absolute Gasteiger partial charge is 0.271 e. The van der Waals surface area contributed by atoms with Gasteiger partial charge in [0.15, 0.2) is 0 Å². The molecule has 104 valence electrons. The van der Waals surface area contributed by atoms with Crippen LogP contribution in [0.2, 0.25) is 0 Å². The molecule has 0 unspecified atom stereocenters. The van der Waals surface area contributed by atoms with Gasteiger partial charge in [-0.3, -0.25) is 4.79 Å². The van der Waals surface area contributed by atoms with Crippen molar-refractivity contribution in [2.45, 2.75) is 20.8 Å². The summed E-state index contributed by atoms with van der Waals surface area (Å²) in [5.41, 5.74) is 6.27. The first-order chi connectivity index (χ1) is 9.47. The van der Waals surface area contributed by atoms with Gasteiger partial charge in [-0.05, 0) is 72.1 Å². The molecule has 0 saturated carbocycles. The SMILES string of the molecule is C/C(=N\NC(=O)c1ccc(C)c(C)c1)c1ccc(Br)s1.